The fourth-order valence-corrected chi connectivity index (χ4v) is 3.02. The largest absolute Gasteiger partial charge is 0.362 e. The Kier molecular flexibility index (Phi) is 4.70. The van der Waals surface area contributed by atoms with E-state index in [2.05, 4.69) is 51.7 Å². The summed E-state index contributed by atoms with van der Waals surface area (Å²) in [6.45, 7) is 8.35. The first-order valence-electron chi connectivity index (χ1n) is 9.50. The highest BCUT2D eigenvalue weighted by Gasteiger charge is 2.18. The van der Waals surface area contributed by atoms with Crippen molar-refractivity contribution in [2.75, 3.05) is 10.6 Å². The van der Waals surface area contributed by atoms with Gasteiger partial charge in [-0.15, -0.1) is 5.10 Å². The SMILES string of the molecule is C[C@H](Nc1nc(Nc2cc(C(C)(C)C)[nH]n2)nn2cccc12)c1ccc(F)cc1. The molecule has 1 atom stereocenters. The van der Waals surface area contributed by atoms with Crippen molar-refractivity contribution < 1.29 is 4.39 Å². The summed E-state index contributed by atoms with van der Waals surface area (Å²) in [6.07, 6.45) is 1.86. The molecule has 3 heterocycles. The average molecular weight is 393 g/mol. The molecule has 4 aromatic rings. The summed E-state index contributed by atoms with van der Waals surface area (Å²) in [5.41, 5.74) is 2.80. The van der Waals surface area contributed by atoms with Gasteiger partial charge in [-0.3, -0.25) is 5.10 Å². The highest BCUT2D eigenvalue weighted by molar-refractivity contribution is 5.70. The van der Waals surface area contributed by atoms with E-state index >= 15 is 0 Å². The number of benzene rings is 1. The zero-order valence-electron chi connectivity index (χ0n) is 16.9. The van der Waals surface area contributed by atoms with Crippen LogP contribution < -0.4 is 10.6 Å². The fourth-order valence-electron chi connectivity index (χ4n) is 3.02. The van der Waals surface area contributed by atoms with E-state index < -0.39 is 0 Å². The first kappa shape index (κ1) is 18.9. The van der Waals surface area contributed by atoms with Crippen LogP contribution in [-0.2, 0) is 5.41 Å². The van der Waals surface area contributed by atoms with Crippen LogP contribution >= 0.6 is 0 Å². The molecule has 0 radical (unpaired) electrons. The number of aromatic nitrogens is 5. The number of nitrogens with zero attached hydrogens (tertiary/aromatic N) is 4. The van der Waals surface area contributed by atoms with Gasteiger partial charge in [0.2, 0.25) is 5.95 Å². The third-order valence-electron chi connectivity index (χ3n) is 4.74. The number of fused-ring (bicyclic) bond motifs is 1. The van der Waals surface area contributed by atoms with Gasteiger partial charge in [0.15, 0.2) is 11.6 Å². The number of halogens is 1. The second kappa shape index (κ2) is 7.20. The van der Waals surface area contributed by atoms with E-state index in [1.54, 1.807) is 16.6 Å². The quantitative estimate of drug-likeness (QED) is 0.453. The Morgan fingerprint density at radius 2 is 1.90 bits per heavy atom. The Bertz CT molecular complexity index is 1120. The van der Waals surface area contributed by atoms with E-state index in [0.717, 1.165) is 16.8 Å². The lowest BCUT2D eigenvalue weighted by Crippen LogP contribution is -2.12. The van der Waals surface area contributed by atoms with Crippen molar-refractivity contribution in [3.8, 4) is 0 Å². The predicted molar refractivity (Wildman–Crippen MR) is 112 cm³/mol. The van der Waals surface area contributed by atoms with Crippen LogP contribution in [0.3, 0.4) is 0 Å². The van der Waals surface area contributed by atoms with Crippen LogP contribution in [0.25, 0.3) is 5.52 Å². The van der Waals surface area contributed by atoms with Crippen LogP contribution in [0.4, 0.5) is 22.0 Å². The van der Waals surface area contributed by atoms with E-state index in [4.69, 9.17) is 0 Å². The standard InChI is InChI=1S/C21H24FN7/c1-13(14-7-9-15(22)10-8-14)23-19-16-6-5-11-29(16)28-20(25-19)24-18-12-17(26-27-18)21(2,3)4/h5-13H,1-4H3,(H3,23,24,25,26,27,28)/t13-/m0/s1. The second-order valence-electron chi connectivity index (χ2n) is 8.08. The zero-order valence-corrected chi connectivity index (χ0v) is 16.9. The van der Waals surface area contributed by atoms with Crippen LogP contribution in [-0.4, -0.2) is 24.8 Å². The lowest BCUT2D eigenvalue weighted by Gasteiger charge is -2.16. The summed E-state index contributed by atoms with van der Waals surface area (Å²) in [7, 11) is 0. The lowest BCUT2D eigenvalue weighted by atomic mass is 9.92. The maximum absolute atomic E-state index is 13.2. The van der Waals surface area contributed by atoms with Crippen molar-refractivity contribution >= 4 is 23.1 Å². The van der Waals surface area contributed by atoms with Crippen LogP contribution in [0.1, 0.15) is 45.0 Å². The summed E-state index contributed by atoms with van der Waals surface area (Å²) in [5, 5.41) is 18.4. The van der Waals surface area contributed by atoms with Gasteiger partial charge in [0.25, 0.3) is 0 Å². The van der Waals surface area contributed by atoms with Crippen molar-refractivity contribution in [3.63, 3.8) is 0 Å². The fraction of sp³-hybridized carbons (Fsp3) is 0.286. The molecule has 150 valence electrons. The van der Waals surface area contributed by atoms with Crippen molar-refractivity contribution in [2.24, 2.45) is 0 Å². The van der Waals surface area contributed by atoms with E-state index in [-0.39, 0.29) is 17.3 Å². The summed E-state index contributed by atoms with van der Waals surface area (Å²) in [4.78, 5) is 4.64. The van der Waals surface area contributed by atoms with Crippen molar-refractivity contribution in [1.82, 2.24) is 24.8 Å². The minimum absolute atomic E-state index is 0.0323. The topological polar surface area (TPSA) is 82.9 Å². The van der Waals surface area contributed by atoms with Crippen molar-refractivity contribution in [2.45, 2.75) is 39.2 Å². The van der Waals surface area contributed by atoms with Gasteiger partial charge in [-0.2, -0.15) is 10.1 Å². The van der Waals surface area contributed by atoms with Gasteiger partial charge in [0, 0.05) is 23.4 Å². The Labute approximate surface area is 168 Å². The van der Waals surface area contributed by atoms with Crippen LogP contribution in [0.5, 0.6) is 0 Å². The molecule has 0 fully saturated rings. The molecule has 0 spiro atoms. The molecule has 0 saturated heterocycles. The Morgan fingerprint density at radius 1 is 1.14 bits per heavy atom. The third-order valence-corrected chi connectivity index (χ3v) is 4.74. The van der Waals surface area contributed by atoms with Crippen LogP contribution in [0.2, 0.25) is 0 Å². The summed E-state index contributed by atoms with van der Waals surface area (Å²) in [5.74, 6) is 1.50. The monoisotopic (exact) mass is 393 g/mol. The number of aromatic amines is 1. The molecule has 4 rings (SSSR count). The molecule has 7 nitrogen and oxygen atoms in total. The van der Waals surface area contributed by atoms with E-state index in [9.17, 15) is 4.39 Å². The first-order valence-corrected chi connectivity index (χ1v) is 9.50. The first-order chi connectivity index (χ1) is 13.8. The van der Waals surface area contributed by atoms with Crippen LogP contribution in [0.15, 0.2) is 48.7 Å². The molecule has 3 aromatic heterocycles. The molecule has 29 heavy (non-hydrogen) atoms. The normalized spacial score (nSPS) is 12.9. The molecule has 0 unspecified atom stereocenters. The van der Waals surface area contributed by atoms with Gasteiger partial charge >= 0.3 is 0 Å². The summed E-state index contributed by atoms with van der Waals surface area (Å²) in [6, 6.07) is 12.2. The summed E-state index contributed by atoms with van der Waals surface area (Å²) >= 11 is 0. The molecular formula is C21H24FN7. The number of anilines is 3. The van der Waals surface area contributed by atoms with E-state index in [1.807, 2.05) is 31.3 Å². The zero-order chi connectivity index (χ0) is 20.6. The van der Waals surface area contributed by atoms with Gasteiger partial charge in [0.05, 0.1) is 6.04 Å². The molecule has 0 aliphatic rings. The molecule has 0 bridgehead atoms. The smallest absolute Gasteiger partial charge is 0.248 e. The predicted octanol–water partition coefficient (Wildman–Crippen LogP) is 4.81. The molecule has 8 heteroatoms. The maximum Gasteiger partial charge on any atom is 0.248 e. The van der Waals surface area contributed by atoms with Gasteiger partial charge in [-0.25, -0.2) is 8.91 Å². The molecule has 3 N–H and O–H groups in total. The number of hydrogen-bond acceptors (Lipinski definition) is 5. The third kappa shape index (κ3) is 4.06. The maximum atomic E-state index is 13.2. The highest BCUT2D eigenvalue weighted by atomic mass is 19.1. The van der Waals surface area contributed by atoms with Gasteiger partial charge in [-0.05, 0) is 36.8 Å². The second-order valence-corrected chi connectivity index (χ2v) is 8.08. The highest BCUT2D eigenvalue weighted by Crippen LogP contribution is 2.25. The van der Waals surface area contributed by atoms with Gasteiger partial charge in [-0.1, -0.05) is 32.9 Å². The minimum atomic E-state index is -0.253. The molecule has 1 aromatic carbocycles. The van der Waals surface area contributed by atoms with Gasteiger partial charge < -0.3 is 10.6 Å². The van der Waals surface area contributed by atoms with Gasteiger partial charge in [0.1, 0.15) is 11.3 Å². The number of rotatable bonds is 5. The number of nitrogens with one attached hydrogen (secondary N) is 3. The van der Waals surface area contributed by atoms with E-state index in [0.29, 0.717) is 17.6 Å². The molecule has 0 aliphatic carbocycles. The van der Waals surface area contributed by atoms with Crippen molar-refractivity contribution in [1.29, 1.82) is 0 Å². The number of hydrogen-bond donors (Lipinski definition) is 3. The molecule has 0 saturated carbocycles. The summed E-state index contributed by atoms with van der Waals surface area (Å²) < 4.78 is 15.0. The average Bonchev–Trinajstić information content (AvgIpc) is 3.31. The molecular weight excluding hydrogens is 369 g/mol. The molecule has 0 aliphatic heterocycles. The Balaban J connectivity index is 1.62. The lowest BCUT2D eigenvalue weighted by molar-refractivity contribution is 0.567. The minimum Gasteiger partial charge on any atom is -0.362 e. The Morgan fingerprint density at radius 3 is 2.59 bits per heavy atom. The van der Waals surface area contributed by atoms with Crippen LogP contribution in [0, 0.1) is 5.82 Å². The van der Waals surface area contributed by atoms with Crippen molar-refractivity contribution in [3.05, 3.63) is 65.7 Å². The number of H-pyrrole nitrogens is 1. The molecule has 0 amide bonds. The Hall–Kier alpha value is -3.42. The van der Waals surface area contributed by atoms with E-state index in [1.165, 1.54) is 12.1 Å².